The van der Waals surface area contributed by atoms with Crippen molar-refractivity contribution in [1.82, 2.24) is 5.32 Å². The number of hydrogen-bond donors (Lipinski definition) is 1. The van der Waals surface area contributed by atoms with Gasteiger partial charge in [0.2, 0.25) is 0 Å². The SMILES string of the molecule is CCC1(CNCc2sccc2OC)CCC1. The number of nitrogens with one attached hydrogen (secondary N) is 1. The van der Waals surface area contributed by atoms with Crippen LogP contribution < -0.4 is 10.1 Å². The maximum Gasteiger partial charge on any atom is 0.134 e. The summed E-state index contributed by atoms with van der Waals surface area (Å²) in [5, 5.41) is 5.68. The maximum absolute atomic E-state index is 5.31. The molecule has 1 fully saturated rings. The fraction of sp³-hybridized carbons (Fsp3) is 0.692. The van der Waals surface area contributed by atoms with E-state index < -0.39 is 0 Å². The van der Waals surface area contributed by atoms with Crippen LogP contribution in [0.3, 0.4) is 0 Å². The lowest BCUT2D eigenvalue weighted by atomic mass is 9.67. The van der Waals surface area contributed by atoms with Crippen molar-refractivity contribution in [1.29, 1.82) is 0 Å². The van der Waals surface area contributed by atoms with E-state index in [4.69, 9.17) is 4.74 Å². The molecule has 0 saturated heterocycles. The molecule has 3 heteroatoms. The highest BCUT2D eigenvalue weighted by Crippen LogP contribution is 2.43. The monoisotopic (exact) mass is 239 g/mol. The Morgan fingerprint density at radius 1 is 1.50 bits per heavy atom. The molecule has 1 aromatic heterocycles. The molecule has 0 atom stereocenters. The molecule has 1 saturated carbocycles. The van der Waals surface area contributed by atoms with E-state index in [0.717, 1.165) is 18.8 Å². The molecular formula is C13H21NOS. The molecule has 2 rings (SSSR count). The first-order chi connectivity index (χ1) is 7.79. The van der Waals surface area contributed by atoms with Gasteiger partial charge in [-0.2, -0.15) is 0 Å². The van der Waals surface area contributed by atoms with E-state index in [9.17, 15) is 0 Å². The van der Waals surface area contributed by atoms with Gasteiger partial charge in [0.05, 0.1) is 12.0 Å². The van der Waals surface area contributed by atoms with Crippen molar-refractivity contribution < 1.29 is 4.74 Å². The molecule has 0 radical (unpaired) electrons. The summed E-state index contributed by atoms with van der Waals surface area (Å²) in [5.41, 5.74) is 0.602. The van der Waals surface area contributed by atoms with Gasteiger partial charge in [-0.3, -0.25) is 0 Å². The molecule has 0 amide bonds. The number of thiophene rings is 1. The fourth-order valence-corrected chi connectivity index (χ4v) is 3.22. The highest BCUT2D eigenvalue weighted by molar-refractivity contribution is 7.10. The molecule has 2 nitrogen and oxygen atoms in total. The highest BCUT2D eigenvalue weighted by Gasteiger charge is 2.34. The fourth-order valence-electron chi connectivity index (χ4n) is 2.41. The van der Waals surface area contributed by atoms with Crippen molar-refractivity contribution >= 4 is 11.3 Å². The van der Waals surface area contributed by atoms with E-state index in [1.165, 1.54) is 30.6 Å². The van der Waals surface area contributed by atoms with Gasteiger partial charge in [0.25, 0.3) is 0 Å². The largest absolute Gasteiger partial charge is 0.496 e. The van der Waals surface area contributed by atoms with Gasteiger partial charge in [-0.25, -0.2) is 0 Å². The van der Waals surface area contributed by atoms with Crippen molar-refractivity contribution in [2.45, 2.75) is 39.2 Å². The van der Waals surface area contributed by atoms with Crippen LogP contribution in [0.2, 0.25) is 0 Å². The second-order valence-corrected chi connectivity index (χ2v) is 5.72. The van der Waals surface area contributed by atoms with Gasteiger partial charge in [-0.1, -0.05) is 13.3 Å². The minimum Gasteiger partial charge on any atom is -0.496 e. The lowest BCUT2D eigenvalue weighted by molar-refractivity contribution is 0.124. The lowest BCUT2D eigenvalue weighted by Crippen LogP contribution is -2.39. The predicted molar refractivity (Wildman–Crippen MR) is 69.2 cm³/mol. The average Bonchev–Trinajstić information content (AvgIpc) is 2.69. The van der Waals surface area contributed by atoms with Crippen molar-refractivity contribution in [3.05, 3.63) is 16.3 Å². The molecule has 1 heterocycles. The third-order valence-corrected chi connectivity index (χ3v) is 4.78. The molecule has 1 aromatic rings. The van der Waals surface area contributed by atoms with Crippen LogP contribution in [-0.2, 0) is 6.54 Å². The van der Waals surface area contributed by atoms with Gasteiger partial charge >= 0.3 is 0 Å². The third-order valence-electron chi connectivity index (χ3n) is 3.87. The van der Waals surface area contributed by atoms with Crippen molar-refractivity contribution in [2.75, 3.05) is 13.7 Å². The van der Waals surface area contributed by atoms with Crippen LogP contribution in [0.4, 0.5) is 0 Å². The summed E-state index contributed by atoms with van der Waals surface area (Å²) in [6.45, 7) is 4.42. The topological polar surface area (TPSA) is 21.3 Å². The lowest BCUT2D eigenvalue weighted by Gasteiger charge is -2.41. The first-order valence-corrected chi connectivity index (χ1v) is 6.99. The van der Waals surface area contributed by atoms with E-state index >= 15 is 0 Å². The molecule has 0 bridgehead atoms. The molecule has 0 aliphatic heterocycles. The van der Waals surface area contributed by atoms with Crippen LogP contribution in [0.15, 0.2) is 11.4 Å². The van der Waals surface area contributed by atoms with Gasteiger partial charge in [0, 0.05) is 13.1 Å². The summed E-state index contributed by atoms with van der Waals surface area (Å²) >= 11 is 1.77. The molecule has 16 heavy (non-hydrogen) atoms. The quantitative estimate of drug-likeness (QED) is 0.821. The first kappa shape index (κ1) is 11.9. The van der Waals surface area contributed by atoms with E-state index in [1.54, 1.807) is 18.4 Å². The molecule has 1 aliphatic carbocycles. The van der Waals surface area contributed by atoms with Gasteiger partial charge in [0.1, 0.15) is 5.75 Å². The Morgan fingerprint density at radius 3 is 2.88 bits per heavy atom. The Labute approximate surface area is 102 Å². The minimum atomic E-state index is 0.602. The smallest absolute Gasteiger partial charge is 0.134 e. The minimum absolute atomic E-state index is 0.602. The number of ether oxygens (including phenoxy) is 1. The Morgan fingerprint density at radius 2 is 2.31 bits per heavy atom. The maximum atomic E-state index is 5.31. The standard InChI is InChI=1S/C13H21NOS/c1-3-13(6-4-7-13)10-14-9-12-11(15-2)5-8-16-12/h5,8,14H,3-4,6-7,9-10H2,1-2H3. The first-order valence-electron chi connectivity index (χ1n) is 6.11. The van der Waals surface area contributed by atoms with Crippen LogP contribution in [-0.4, -0.2) is 13.7 Å². The zero-order valence-electron chi connectivity index (χ0n) is 10.2. The van der Waals surface area contributed by atoms with Crippen LogP contribution >= 0.6 is 11.3 Å². The van der Waals surface area contributed by atoms with Crippen molar-refractivity contribution in [2.24, 2.45) is 5.41 Å². The Bertz CT molecular complexity index is 325. The van der Waals surface area contributed by atoms with Crippen LogP contribution in [0.25, 0.3) is 0 Å². The van der Waals surface area contributed by atoms with E-state index in [1.807, 2.05) is 6.07 Å². The Kier molecular flexibility index (Phi) is 3.87. The summed E-state index contributed by atoms with van der Waals surface area (Å²) in [6.07, 6.45) is 5.52. The summed E-state index contributed by atoms with van der Waals surface area (Å²) < 4.78 is 5.31. The summed E-state index contributed by atoms with van der Waals surface area (Å²) in [6, 6.07) is 2.04. The van der Waals surface area contributed by atoms with Gasteiger partial charge in [-0.05, 0) is 36.1 Å². The van der Waals surface area contributed by atoms with Crippen molar-refractivity contribution in [3.8, 4) is 5.75 Å². The molecule has 0 aromatic carbocycles. The number of hydrogen-bond acceptors (Lipinski definition) is 3. The average molecular weight is 239 g/mol. The highest BCUT2D eigenvalue weighted by atomic mass is 32.1. The van der Waals surface area contributed by atoms with Crippen LogP contribution in [0.5, 0.6) is 5.75 Å². The zero-order valence-corrected chi connectivity index (χ0v) is 11.0. The van der Waals surface area contributed by atoms with Crippen LogP contribution in [0.1, 0.15) is 37.5 Å². The van der Waals surface area contributed by atoms with E-state index in [-0.39, 0.29) is 0 Å². The third kappa shape index (κ3) is 2.41. The van der Waals surface area contributed by atoms with E-state index in [0.29, 0.717) is 5.41 Å². The second-order valence-electron chi connectivity index (χ2n) is 4.72. The molecular weight excluding hydrogens is 218 g/mol. The second kappa shape index (κ2) is 5.19. The molecule has 1 aliphatic rings. The zero-order chi connectivity index (χ0) is 11.4. The van der Waals surface area contributed by atoms with Crippen LogP contribution in [0, 0.1) is 5.41 Å². The van der Waals surface area contributed by atoms with Gasteiger partial charge < -0.3 is 10.1 Å². The summed E-state index contributed by atoms with van der Waals surface area (Å²) in [5.74, 6) is 1.02. The Balaban J connectivity index is 1.79. The summed E-state index contributed by atoms with van der Waals surface area (Å²) in [4.78, 5) is 1.31. The normalized spacial score (nSPS) is 18.1. The number of rotatable bonds is 6. The summed E-state index contributed by atoms with van der Waals surface area (Å²) in [7, 11) is 1.74. The number of methoxy groups -OCH3 is 1. The van der Waals surface area contributed by atoms with Crippen molar-refractivity contribution in [3.63, 3.8) is 0 Å². The predicted octanol–water partition coefficient (Wildman–Crippen LogP) is 3.43. The van der Waals surface area contributed by atoms with Gasteiger partial charge in [-0.15, -0.1) is 11.3 Å². The molecule has 0 unspecified atom stereocenters. The molecule has 1 N–H and O–H groups in total. The molecule has 0 spiro atoms. The van der Waals surface area contributed by atoms with Gasteiger partial charge in [0.15, 0.2) is 0 Å². The Hall–Kier alpha value is -0.540. The molecule has 90 valence electrons. The van der Waals surface area contributed by atoms with E-state index in [2.05, 4.69) is 17.6 Å².